The quantitative estimate of drug-likeness (QED) is 0.432. The minimum absolute atomic E-state index is 0. The molecule has 0 aromatic rings. The Hall–Kier alpha value is -0.396. The number of hydrogen-bond donors (Lipinski definition) is 0. The van der Waals surface area contributed by atoms with Crippen molar-refractivity contribution in [1.29, 1.82) is 0 Å². The van der Waals surface area contributed by atoms with Gasteiger partial charge in [0.25, 0.3) is 0 Å². The van der Waals surface area contributed by atoms with Gasteiger partial charge in [0.05, 0.1) is 0 Å². The van der Waals surface area contributed by atoms with Gasteiger partial charge in [-0.25, -0.2) is 0 Å². The molecule has 0 atom stereocenters. The fraction of sp³-hybridized carbons (Fsp3) is 0.182. The molecule has 0 nitrogen and oxygen atoms in total. The van der Waals surface area contributed by atoms with E-state index < -0.39 is 0 Å². The summed E-state index contributed by atoms with van der Waals surface area (Å²) >= 11 is 0. The maximum Gasteiger partial charge on any atom is 2.00 e. The Balaban J connectivity index is 0.000000720. The standard InChI is InChI=1S/C11H11.FH.Ti/c1-2-6-10(5-1)9-11-7-3-4-8-11;;/h1-11H;1H;/q-1;;+2/p-1. The topological polar surface area (TPSA) is 0 Å². The average Bonchev–Trinajstić information content (AvgIpc) is 2.60. The predicted molar refractivity (Wildman–Crippen MR) is 47.8 cm³/mol. The number of allylic oxidation sites excluding steroid dienone is 8. The molecule has 0 unspecified atom stereocenters. The van der Waals surface area contributed by atoms with E-state index in [0.717, 1.165) is 0 Å². The zero-order valence-electron chi connectivity index (χ0n) is 7.23. The number of rotatable bonds is 2. The smallest absolute Gasteiger partial charge is 1.00 e. The largest absolute Gasteiger partial charge is 2.00 e. The fourth-order valence-electron chi connectivity index (χ4n) is 1.41. The Morgan fingerprint density at radius 1 is 0.692 bits per heavy atom. The maximum atomic E-state index is 2.33. The Labute approximate surface area is 93.4 Å². The number of halogens is 1. The summed E-state index contributed by atoms with van der Waals surface area (Å²) in [4.78, 5) is 0. The fourth-order valence-corrected chi connectivity index (χ4v) is 1.41. The third-order valence-electron chi connectivity index (χ3n) is 2.00. The predicted octanol–water partition coefficient (Wildman–Crippen LogP) is -0.323. The summed E-state index contributed by atoms with van der Waals surface area (Å²) in [6.45, 7) is 0. The first kappa shape index (κ1) is 12.6. The van der Waals surface area contributed by atoms with Crippen LogP contribution in [0.25, 0.3) is 0 Å². The van der Waals surface area contributed by atoms with Gasteiger partial charge in [0.15, 0.2) is 0 Å². The summed E-state index contributed by atoms with van der Waals surface area (Å²) in [5, 5.41) is 0. The van der Waals surface area contributed by atoms with Crippen molar-refractivity contribution in [1.82, 2.24) is 0 Å². The van der Waals surface area contributed by atoms with Crippen molar-refractivity contribution in [2.45, 2.75) is 0 Å². The third kappa shape index (κ3) is 3.45. The van der Waals surface area contributed by atoms with Gasteiger partial charge in [-0.3, -0.25) is 0 Å². The van der Waals surface area contributed by atoms with E-state index in [1.54, 1.807) is 0 Å². The molecule has 0 radical (unpaired) electrons. The summed E-state index contributed by atoms with van der Waals surface area (Å²) < 4.78 is 0. The van der Waals surface area contributed by atoms with E-state index in [1.807, 2.05) is 0 Å². The van der Waals surface area contributed by atoms with Crippen molar-refractivity contribution < 1.29 is 26.4 Å². The molecule has 0 aromatic heterocycles. The second-order valence-corrected chi connectivity index (χ2v) is 2.89. The SMILES string of the molecule is C1=CC([CH-]C2C=CC=C2)C=C1.[F-].[Ti+2]. The van der Waals surface area contributed by atoms with Gasteiger partial charge in [-0.05, 0) is 0 Å². The molecule has 2 heteroatoms. The molecular weight excluding hydrogens is 199 g/mol. The van der Waals surface area contributed by atoms with E-state index in [9.17, 15) is 0 Å². The normalized spacial score (nSPS) is 19.1. The molecule has 66 valence electrons. The molecule has 0 aliphatic heterocycles. The molecule has 0 aromatic carbocycles. The Morgan fingerprint density at radius 3 is 1.31 bits per heavy atom. The summed E-state index contributed by atoms with van der Waals surface area (Å²) in [5.41, 5.74) is 0. The zero-order chi connectivity index (χ0) is 7.52. The van der Waals surface area contributed by atoms with E-state index in [-0.39, 0.29) is 26.4 Å². The van der Waals surface area contributed by atoms with E-state index in [2.05, 4.69) is 55.0 Å². The van der Waals surface area contributed by atoms with Crippen molar-refractivity contribution in [3.05, 3.63) is 55.0 Å². The van der Waals surface area contributed by atoms with E-state index in [1.165, 1.54) is 0 Å². The minimum Gasteiger partial charge on any atom is -1.00 e. The van der Waals surface area contributed by atoms with Gasteiger partial charge in [0.2, 0.25) is 0 Å². The van der Waals surface area contributed by atoms with Crippen molar-refractivity contribution in [3.8, 4) is 0 Å². The van der Waals surface area contributed by atoms with Crippen LogP contribution in [0.4, 0.5) is 0 Å². The second-order valence-electron chi connectivity index (χ2n) is 2.89. The molecule has 0 bridgehead atoms. The van der Waals surface area contributed by atoms with E-state index in [4.69, 9.17) is 0 Å². The van der Waals surface area contributed by atoms with Crippen LogP contribution in [-0.2, 0) is 21.7 Å². The van der Waals surface area contributed by atoms with Gasteiger partial charge >= 0.3 is 21.7 Å². The Kier molecular flexibility index (Phi) is 5.93. The molecule has 2 aliphatic carbocycles. The molecule has 0 heterocycles. The van der Waals surface area contributed by atoms with Crippen molar-refractivity contribution in [2.75, 3.05) is 0 Å². The average molecular weight is 210 g/mol. The van der Waals surface area contributed by atoms with Crippen molar-refractivity contribution in [2.24, 2.45) is 11.8 Å². The second kappa shape index (κ2) is 6.12. The van der Waals surface area contributed by atoms with E-state index in [0.29, 0.717) is 11.8 Å². The molecule has 13 heavy (non-hydrogen) atoms. The third-order valence-corrected chi connectivity index (χ3v) is 2.00. The molecule has 2 rings (SSSR count). The zero-order valence-corrected chi connectivity index (χ0v) is 8.79. The first-order valence-corrected chi connectivity index (χ1v) is 4.00. The molecule has 2 aliphatic rings. The van der Waals surface area contributed by atoms with Crippen LogP contribution >= 0.6 is 0 Å². The van der Waals surface area contributed by atoms with Crippen molar-refractivity contribution in [3.63, 3.8) is 0 Å². The Bertz CT molecular complexity index is 201. The first-order chi connectivity index (χ1) is 5.45. The van der Waals surface area contributed by atoms with Gasteiger partial charge < -0.3 is 11.1 Å². The molecule has 0 fully saturated rings. The summed E-state index contributed by atoms with van der Waals surface area (Å²) in [6.07, 6.45) is 19.6. The van der Waals surface area contributed by atoms with Crippen LogP contribution in [0.2, 0.25) is 0 Å². The van der Waals surface area contributed by atoms with Gasteiger partial charge in [0, 0.05) is 0 Å². The Morgan fingerprint density at radius 2 is 1.00 bits per heavy atom. The van der Waals surface area contributed by atoms with Crippen LogP contribution in [0.1, 0.15) is 0 Å². The summed E-state index contributed by atoms with van der Waals surface area (Å²) in [7, 11) is 0. The van der Waals surface area contributed by atoms with Crippen LogP contribution in [0.3, 0.4) is 0 Å². The first-order valence-electron chi connectivity index (χ1n) is 4.00. The molecule has 0 saturated heterocycles. The van der Waals surface area contributed by atoms with Gasteiger partial charge in [0.1, 0.15) is 0 Å². The van der Waals surface area contributed by atoms with Crippen LogP contribution in [0.5, 0.6) is 0 Å². The van der Waals surface area contributed by atoms with Gasteiger partial charge in [-0.2, -0.15) is 0 Å². The van der Waals surface area contributed by atoms with Crippen LogP contribution in [0, 0.1) is 18.3 Å². The van der Waals surface area contributed by atoms with Crippen LogP contribution in [-0.4, -0.2) is 0 Å². The molecule has 0 spiro atoms. The van der Waals surface area contributed by atoms with E-state index >= 15 is 0 Å². The summed E-state index contributed by atoms with van der Waals surface area (Å²) in [6, 6.07) is 0. The van der Waals surface area contributed by atoms with Crippen LogP contribution < -0.4 is 4.70 Å². The number of hydrogen-bond acceptors (Lipinski definition) is 0. The molecule has 0 N–H and O–H groups in total. The van der Waals surface area contributed by atoms with Crippen LogP contribution in [0.15, 0.2) is 48.6 Å². The van der Waals surface area contributed by atoms with Gasteiger partial charge in [-0.15, -0.1) is 36.1 Å². The molecule has 0 amide bonds. The van der Waals surface area contributed by atoms with Crippen molar-refractivity contribution >= 4 is 0 Å². The molecule has 0 saturated carbocycles. The monoisotopic (exact) mass is 210 g/mol. The molecular formula is C11H11FTi. The minimum atomic E-state index is 0. The van der Waals surface area contributed by atoms with Gasteiger partial charge in [-0.1, -0.05) is 24.3 Å². The summed E-state index contributed by atoms with van der Waals surface area (Å²) in [5.74, 6) is 1.10. The maximum absolute atomic E-state index is 2.33.